The van der Waals surface area contributed by atoms with Gasteiger partial charge in [0.15, 0.2) is 5.82 Å². The quantitative estimate of drug-likeness (QED) is 0.628. The lowest BCUT2D eigenvalue weighted by atomic mass is 10.3. The number of hydrogen-bond donors (Lipinski definition) is 2. The Hall–Kier alpha value is -2.82. The first-order valence-electron chi connectivity index (χ1n) is 7.08. The van der Waals surface area contributed by atoms with Crippen LogP contribution in [0.25, 0.3) is 0 Å². The van der Waals surface area contributed by atoms with Crippen LogP contribution in [0.5, 0.6) is 0 Å². The average molecular weight is 297 g/mol. The largest absolute Gasteiger partial charge is 0.463 e. The van der Waals surface area contributed by atoms with E-state index >= 15 is 0 Å². The second kappa shape index (κ2) is 7.83. The molecular weight excluding hydrogens is 278 g/mol. The second-order valence-electron chi connectivity index (χ2n) is 4.59. The number of ether oxygens (including phenoxy) is 1. The maximum atomic E-state index is 11.4. The van der Waals surface area contributed by atoms with Crippen LogP contribution in [-0.4, -0.2) is 17.6 Å². The number of hydrogen-bond acceptors (Lipinski definition) is 5. The van der Waals surface area contributed by atoms with Gasteiger partial charge in [0.25, 0.3) is 0 Å². The highest BCUT2D eigenvalue weighted by Gasteiger charge is 2.05. The molecule has 0 aliphatic carbocycles. The highest BCUT2D eigenvalue weighted by molar-refractivity contribution is 5.84. The Kier molecular flexibility index (Phi) is 5.54. The number of pyridine rings is 1. The van der Waals surface area contributed by atoms with E-state index in [1.54, 1.807) is 20.0 Å². The lowest BCUT2D eigenvalue weighted by molar-refractivity contribution is -0.137. The minimum Gasteiger partial charge on any atom is -0.463 e. The summed E-state index contributed by atoms with van der Waals surface area (Å²) in [4.78, 5) is 15.8. The highest BCUT2D eigenvalue weighted by Crippen LogP contribution is 2.23. The maximum Gasteiger partial charge on any atom is 0.332 e. The van der Waals surface area contributed by atoms with Crippen molar-refractivity contribution in [3.8, 4) is 0 Å². The predicted octanol–water partition coefficient (Wildman–Crippen LogP) is 3.70. The summed E-state index contributed by atoms with van der Waals surface area (Å²) in [7, 11) is 0. The van der Waals surface area contributed by atoms with Crippen LogP contribution in [-0.2, 0) is 9.53 Å². The third kappa shape index (κ3) is 4.63. The molecule has 0 atom stereocenters. The predicted molar refractivity (Wildman–Crippen MR) is 88.0 cm³/mol. The number of nitrogens with zero attached hydrogens (tertiary/aromatic N) is 1. The van der Waals surface area contributed by atoms with E-state index in [4.69, 9.17) is 4.74 Å². The van der Waals surface area contributed by atoms with E-state index in [1.807, 2.05) is 42.5 Å². The Balaban J connectivity index is 2.13. The third-order valence-electron chi connectivity index (χ3n) is 2.80. The highest BCUT2D eigenvalue weighted by atomic mass is 16.5. The summed E-state index contributed by atoms with van der Waals surface area (Å²) < 4.78 is 4.89. The number of nitrogens with one attached hydrogen (secondary N) is 2. The van der Waals surface area contributed by atoms with Crippen LogP contribution in [0, 0.1) is 0 Å². The van der Waals surface area contributed by atoms with Gasteiger partial charge in [-0.05, 0) is 38.1 Å². The van der Waals surface area contributed by atoms with Gasteiger partial charge in [0.05, 0.1) is 12.3 Å². The van der Waals surface area contributed by atoms with E-state index in [-0.39, 0.29) is 5.97 Å². The fraction of sp³-hybridized carbons (Fsp3) is 0.176. The SMILES string of the molecule is CCOC(=O)/C=C(\C)Nc1cccnc1Nc1ccccc1. The van der Waals surface area contributed by atoms with Crippen LogP contribution in [0.1, 0.15) is 13.8 Å². The second-order valence-corrected chi connectivity index (χ2v) is 4.59. The van der Waals surface area contributed by atoms with Gasteiger partial charge < -0.3 is 15.4 Å². The van der Waals surface area contributed by atoms with E-state index in [0.717, 1.165) is 11.4 Å². The fourth-order valence-electron chi connectivity index (χ4n) is 1.87. The molecule has 0 bridgehead atoms. The molecule has 1 aromatic carbocycles. The number of carbonyl (C=O) groups is 1. The van der Waals surface area contributed by atoms with Crippen molar-refractivity contribution in [2.24, 2.45) is 0 Å². The number of allylic oxidation sites excluding steroid dienone is 1. The number of rotatable bonds is 6. The molecular formula is C17H19N3O2. The van der Waals surface area contributed by atoms with Gasteiger partial charge in [-0.25, -0.2) is 9.78 Å². The van der Waals surface area contributed by atoms with Crippen molar-refractivity contribution in [1.82, 2.24) is 4.98 Å². The van der Waals surface area contributed by atoms with Crippen LogP contribution in [0.3, 0.4) is 0 Å². The first-order valence-corrected chi connectivity index (χ1v) is 7.08. The first kappa shape index (κ1) is 15.6. The summed E-state index contributed by atoms with van der Waals surface area (Å²) in [6.07, 6.45) is 3.13. The fourth-order valence-corrected chi connectivity index (χ4v) is 1.87. The van der Waals surface area contributed by atoms with Gasteiger partial charge in [0.1, 0.15) is 0 Å². The molecule has 0 aliphatic rings. The molecule has 0 saturated heterocycles. The molecule has 0 spiro atoms. The molecule has 0 saturated carbocycles. The lowest BCUT2D eigenvalue weighted by Crippen LogP contribution is -2.06. The Bertz CT molecular complexity index is 654. The summed E-state index contributed by atoms with van der Waals surface area (Å²) in [5.41, 5.74) is 2.41. The number of esters is 1. The van der Waals surface area contributed by atoms with E-state index in [0.29, 0.717) is 18.1 Å². The van der Waals surface area contributed by atoms with Gasteiger partial charge in [0, 0.05) is 23.7 Å². The van der Waals surface area contributed by atoms with Crippen molar-refractivity contribution < 1.29 is 9.53 Å². The summed E-state index contributed by atoms with van der Waals surface area (Å²) >= 11 is 0. The van der Waals surface area contributed by atoms with Crippen LogP contribution in [0.4, 0.5) is 17.2 Å². The Morgan fingerprint density at radius 1 is 1.23 bits per heavy atom. The van der Waals surface area contributed by atoms with Gasteiger partial charge in [-0.2, -0.15) is 0 Å². The van der Waals surface area contributed by atoms with Crippen molar-refractivity contribution in [3.05, 3.63) is 60.4 Å². The van der Waals surface area contributed by atoms with Gasteiger partial charge in [0.2, 0.25) is 0 Å². The molecule has 0 radical (unpaired) electrons. The summed E-state index contributed by atoms with van der Waals surface area (Å²) in [6.45, 7) is 3.93. The van der Waals surface area contributed by atoms with Crippen LogP contribution in [0.15, 0.2) is 60.4 Å². The molecule has 22 heavy (non-hydrogen) atoms. The zero-order valence-corrected chi connectivity index (χ0v) is 12.7. The average Bonchev–Trinajstić information content (AvgIpc) is 2.50. The number of para-hydroxylation sites is 1. The summed E-state index contributed by atoms with van der Waals surface area (Å²) in [5, 5.41) is 6.39. The molecule has 2 rings (SSSR count). The smallest absolute Gasteiger partial charge is 0.332 e. The van der Waals surface area contributed by atoms with Crippen molar-refractivity contribution in [1.29, 1.82) is 0 Å². The number of aromatic nitrogens is 1. The standard InChI is InChI=1S/C17H19N3O2/c1-3-22-16(21)12-13(2)19-15-10-7-11-18-17(15)20-14-8-5-4-6-9-14/h4-12,19H,3H2,1-2H3,(H,18,20)/b13-12+. The summed E-state index contributed by atoms with van der Waals surface area (Å²) in [5.74, 6) is 0.319. The van der Waals surface area contributed by atoms with Crippen LogP contribution >= 0.6 is 0 Å². The normalized spacial score (nSPS) is 10.9. The maximum absolute atomic E-state index is 11.4. The van der Waals surface area contributed by atoms with Gasteiger partial charge >= 0.3 is 5.97 Å². The number of anilines is 3. The lowest BCUT2D eigenvalue weighted by Gasteiger charge is -2.13. The van der Waals surface area contributed by atoms with Crippen molar-refractivity contribution in [2.75, 3.05) is 17.2 Å². The molecule has 1 aromatic heterocycles. The third-order valence-corrected chi connectivity index (χ3v) is 2.80. The van der Waals surface area contributed by atoms with E-state index in [1.165, 1.54) is 6.08 Å². The molecule has 0 aliphatic heterocycles. The Labute approximate surface area is 130 Å². The Morgan fingerprint density at radius 3 is 2.73 bits per heavy atom. The molecule has 0 amide bonds. The van der Waals surface area contributed by atoms with Crippen LogP contribution in [0.2, 0.25) is 0 Å². The minimum absolute atomic E-state index is 0.357. The molecule has 0 fully saturated rings. The zero-order chi connectivity index (χ0) is 15.8. The zero-order valence-electron chi connectivity index (χ0n) is 12.7. The molecule has 5 heteroatoms. The van der Waals surface area contributed by atoms with E-state index < -0.39 is 0 Å². The molecule has 2 N–H and O–H groups in total. The van der Waals surface area contributed by atoms with Gasteiger partial charge in [-0.15, -0.1) is 0 Å². The number of benzene rings is 1. The molecule has 0 unspecified atom stereocenters. The van der Waals surface area contributed by atoms with Crippen molar-refractivity contribution >= 4 is 23.2 Å². The first-order chi connectivity index (χ1) is 10.7. The topological polar surface area (TPSA) is 63.2 Å². The molecule has 5 nitrogen and oxygen atoms in total. The molecule has 2 aromatic rings. The van der Waals surface area contributed by atoms with E-state index in [2.05, 4.69) is 15.6 Å². The minimum atomic E-state index is -0.367. The molecule has 1 heterocycles. The van der Waals surface area contributed by atoms with E-state index in [9.17, 15) is 4.79 Å². The van der Waals surface area contributed by atoms with Crippen molar-refractivity contribution in [3.63, 3.8) is 0 Å². The van der Waals surface area contributed by atoms with Gasteiger partial charge in [-0.1, -0.05) is 18.2 Å². The van der Waals surface area contributed by atoms with Crippen LogP contribution < -0.4 is 10.6 Å². The van der Waals surface area contributed by atoms with Crippen molar-refractivity contribution in [2.45, 2.75) is 13.8 Å². The molecule has 114 valence electrons. The Morgan fingerprint density at radius 2 is 2.00 bits per heavy atom. The number of carbonyl (C=O) groups excluding carboxylic acids is 1. The monoisotopic (exact) mass is 297 g/mol. The van der Waals surface area contributed by atoms with Gasteiger partial charge in [-0.3, -0.25) is 0 Å². The summed E-state index contributed by atoms with van der Waals surface area (Å²) in [6, 6.07) is 13.5.